The number of aromatic nitrogens is 2. The Hall–Kier alpha value is -3.81. The lowest BCUT2D eigenvalue weighted by molar-refractivity contribution is -0.384. The van der Waals surface area contributed by atoms with Crippen LogP contribution in [-0.2, 0) is 6.42 Å². The van der Waals surface area contributed by atoms with Crippen LogP contribution in [0.15, 0.2) is 47.4 Å². The fourth-order valence-corrected chi connectivity index (χ4v) is 3.40. The SMILES string of the molecule is O=C(O)c1ccc2nc3c(c(=O)n2c1)CCC/C3=C/c1ccc([N+](=O)[O-])cc1. The van der Waals surface area contributed by atoms with Crippen molar-refractivity contribution in [1.29, 1.82) is 0 Å². The highest BCUT2D eigenvalue weighted by atomic mass is 16.6. The van der Waals surface area contributed by atoms with Crippen LogP contribution in [-0.4, -0.2) is 25.4 Å². The second-order valence-electron chi connectivity index (χ2n) is 6.57. The summed E-state index contributed by atoms with van der Waals surface area (Å²) in [6.07, 6.45) is 5.25. The molecular formula is C20H15N3O5. The molecule has 0 saturated heterocycles. The van der Waals surface area contributed by atoms with Crippen molar-refractivity contribution < 1.29 is 14.8 Å². The van der Waals surface area contributed by atoms with Gasteiger partial charge in [-0.25, -0.2) is 9.78 Å². The third-order valence-electron chi connectivity index (χ3n) is 4.78. The summed E-state index contributed by atoms with van der Waals surface area (Å²) in [5, 5.41) is 19.9. The maximum atomic E-state index is 12.9. The number of aromatic carboxylic acids is 1. The predicted molar refractivity (Wildman–Crippen MR) is 102 cm³/mol. The van der Waals surface area contributed by atoms with E-state index in [1.807, 2.05) is 6.08 Å². The number of hydrogen-bond donors (Lipinski definition) is 1. The van der Waals surface area contributed by atoms with Gasteiger partial charge < -0.3 is 5.11 Å². The topological polar surface area (TPSA) is 115 Å². The van der Waals surface area contributed by atoms with Crippen molar-refractivity contribution in [2.24, 2.45) is 0 Å². The zero-order chi connectivity index (χ0) is 19.8. The summed E-state index contributed by atoms with van der Waals surface area (Å²) in [6.45, 7) is 0. The first-order valence-corrected chi connectivity index (χ1v) is 8.68. The Morgan fingerprint density at radius 1 is 1.18 bits per heavy atom. The van der Waals surface area contributed by atoms with Gasteiger partial charge in [-0.2, -0.15) is 0 Å². The number of nitrogens with zero attached hydrogens (tertiary/aromatic N) is 3. The van der Waals surface area contributed by atoms with E-state index in [1.165, 1.54) is 34.9 Å². The van der Waals surface area contributed by atoms with Crippen LogP contribution in [0.2, 0.25) is 0 Å². The average molecular weight is 377 g/mol. The molecule has 2 aromatic heterocycles. The second-order valence-corrected chi connectivity index (χ2v) is 6.57. The molecule has 0 aliphatic heterocycles. The highest BCUT2D eigenvalue weighted by Gasteiger charge is 2.21. The van der Waals surface area contributed by atoms with Gasteiger partial charge in [-0.15, -0.1) is 0 Å². The number of carboxylic acids is 1. The molecule has 0 saturated carbocycles. The molecular weight excluding hydrogens is 362 g/mol. The summed E-state index contributed by atoms with van der Waals surface area (Å²) >= 11 is 0. The molecule has 0 unspecified atom stereocenters. The molecule has 1 aliphatic carbocycles. The lowest BCUT2D eigenvalue weighted by Crippen LogP contribution is -2.25. The van der Waals surface area contributed by atoms with Crippen molar-refractivity contribution in [3.8, 4) is 0 Å². The van der Waals surface area contributed by atoms with E-state index in [9.17, 15) is 19.7 Å². The Morgan fingerprint density at radius 2 is 1.93 bits per heavy atom. The number of carbonyl (C=O) groups is 1. The second kappa shape index (κ2) is 6.73. The first kappa shape index (κ1) is 17.6. The van der Waals surface area contributed by atoms with Crippen molar-refractivity contribution in [2.75, 3.05) is 0 Å². The maximum Gasteiger partial charge on any atom is 0.337 e. The molecule has 3 aromatic rings. The summed E-state index contributed by atoms with van der Waals surface area (Å²) in [5.41, 5.74) is 2.99. The van der Waals surface area contributed by atoms with E-state index in [-0.39, 0.29) is 16.8 Å². The van der Waals surface area contributed by atoms with Gasteiger partial charge in [-0.3, -0.25) is 19.3 Å². The number of hydrogen-bond acceptors (Lipinski definition) is 5. The minimum atomic E-state index is -1.11. The Labute approximate surface area is 158 Å². The number of pyridine rings is 1. The predicted octanol–water partition coefficient (Wildman–Crippen LogP) is 3.18. The monoisotopic (exact) mass is 377 g/mol. The Balaban J connectivity index is 1.83. The van der Waals surface area contributed by atoms with Crippen LogP contribution in [0.5, 0.6) is 0 Å². The molecule has 140 valence electrons. The van der Waals surface area contributed by atoms with Gasteiger partial charge in [-0.05, 0) is 60.7 Å². The lowest BCUT2D eigenvalue weighted by Gasteiger charge is -2.18. The third-order valence-corrected chi connectivity index (χ3v) is 4.78. The van der Waals surface area contributed by atoms with Crippen molar-refractivity contribution in [3.05, 3.63) is 85.4 Å². The largest absolute Gasteiger partial charge is 0.478 e. The minimum Gasteiger partial charge on any atom is -0.478 e. The summed E-state index contributed by atoms with van der Waals surface area (Å²) in [6, 6.07) is 9.12. The molecule has 1 N–H and O–H groups in total. The van der Waals surface area contributed by atoms with Gasteiger partial charge in [0.25, 0.3) is 11.2 Å². The zero-order valence-corrected chi connectivity index (χ0v) is 14.7. The maximum absolute atomic E-state index is 12.9. The number of non-ortho nitro benzene ring substituents is 1. The Morgan fingerprint density at radius 3 is 2.61 bits per heavy atom. The fraction of sp³-hybridized carbons (Fsp3) is 0.150. The van der Waals surface area contributed by atoms with E-state index in [2.05, 4.69) is 4.98 Å². The third kappa shape index (κ3) is 3.05. The molecule has 2 heterocycles. The van der Waals surface area contributed by atoms with Crippen LogP contribution < -0.4 is 5.56 Å². The zero-order valence-electron chi connectivity index (χ0n) is 14.7. The molecule has 1 aromatic carbocycles. The standard InChI is InChI=1S/C20H15N3O5/c24-19-16-3-1-2-13(10-12-4-7-15(8-5-12)23(27)28)18(16)21-17-9-6-14(20(25)26)11-22(17)19/h4-11H,1-3H2,(H,25,26)/b13-10-. The highest BCUT2D eigenvalue weighted by molar-refractivity contribution is 5.88. The van der Waals surface area contributed by atoms with E-state index in [0.717, 1.165) is 24.0 Å². The smallest absolute Gasteiger partial charge is 0.337 e. The molecule has 0 spiro atoms. The van der Waals surface area contributed by atoms with Crippen molar-refractivity contribution in [2.45, 2.75) is 19.3 Å². The first-order chi connectivity index (χ1) is 13.4. The van der Waals surface area contributed by atoms with Gasteiger partial charge >= 0.3 is 5.97 Å². The average Bonchev–Trinajstić information content (AvgIpc) is 2.69. The molecule has 0 fully saturated rings. The molecule has 4 rings (SSSR count). The van der Waals surface area contributed by atoms with Crippen LogP contribution in [0.3, 0.4) is 0 Å². The van der Waals surface area contributed by atoms with Crippen molar-refractivity contribution in [1.82, 2.24) is 9.38 Å². The molecule has 0 amide bonds. The van der Waals surface area contributed by atoms with Gasteiger partial charge in [0.05, 0.1) is 16.2 Å². The Bertz CT molecular complexity index is 1210. The summed E-state index contributed by atoms with van der Waals surface area (Å²) in [5.74, 6) is -1.11. The first-order valence-electron chi connectivity index (χ1n) is 8.68. The quantitative estimate of drug-likeness (QED) is 0.554. The molecule has 8 heteroatoms. The summed E-state index contributed by atoms with van der Waals surface area (Å²) in [4.78, 5) is 39.0. The van der Waals surface area contributed by atoms with Crippen LogP contribution in [0.1, 0.15) is 40.0 Å². The van der Waals surface area contributed by atoms with E-state index < -0.39 is 10.9 Å². The van der Waals surface area contributed by atoms with Crippen LogP contribution in [0.25, 0.3) is 17.3 Å². The van der Waals surface area contributed by atoms with Crippen molar-refractivity contribution >= 4 is 29.0 Å². The minimum absolute atomic E-state index is 0.0165. The number of allylic oxidation sites excluding steroid dienone is 1. The number of nitro benzene ring substituents is 1. The summed E-state index contributed by atoms with van der Waals surface area (Å²) in [7, 11) is 0. The van der Waals surface area contributed by atoms with E-state index in [4.69, 9.17) is 5.11 Å². The number of benzene rings is 1. The van der Waals surface area contributed by atoms with Crippen LogP contribution in [0, 0.1) is 10.1 Å². The van der Waals surface area contributed by atoms with Gasteiger partial charge in [0.2, 0.25) is 0 Å². The van der Waals surface area contributed by atoms with Crippen LogP contribution in [0.4, 0.5) is 5.69 Å². The fourth-order valence-electron chi connectivity index (χ4n) is 3.40. The molecule has 28 heavy (non-hydrogen) atoms. The molecule has 8 nitrogen and oxygen atoms in total. The van der Waals surface area contributed by atoms with Gasteiger partial charge in [-0.1, -0.05) is 0 Å². The van der Waals surface area contributed by atoms with Crippen molar-refractivity contribution in [3.63, 3.8) is 0 Å². The van der Waals surface area contributed by atoms with Crippen LogP contribution >= 0.6 is 0 Å². The number of fused-ring (bicyclic) bond motifs is 2. The van der Waals surface area contributed by atoms with E-state index >= 15 is 0 Å². The molecule has 1 aliphatic rings. The summed E-state index contributed by atoms with van der Waals surface area (Å²) < 4.78 is 1.27. The van der Waals surface area contributed by atoms with E-state index in [1.54, 1.807) is 12.1 Å². The van der Waals surface area contributed by atoms with Gasteiger partial charge in [0, 0.05) is 23.9 Å². The Kier molecular flexibility index (Phi) is 4.23. The number of carboxylic acid groups (broad SMARTS) is 1. The van der Waals surface area contributed by atoms with E-state index in [0.29, 0.717) is 23.3 Å². The normalized spacial score (nSPS) is 14.8. The lowest BCUT2D eigenvalue weighted by atomic mass is 9.90. The molecule has 0 atom stereocenters. The van der Waals surface area contributed by atoms with Gasteiger partial charge in [0.1, 0.15) is 5.65 Å². The molecule has 0 bridgehead atoms. The van der Waals surface area contributed by atoms with Gasteiger partial charge in [0.15, 0.2) is 0 Å². The number of rotatable bonds is 3. The molecule has 0 radical (unpaired) electrons. The number of nitro groups is 1. The highest BCUT2D eigenvalue weighted by Crippen LogP contribution is 2.30.